The molecule has 2 aromatic carbocycles. The average molecular weight is 284 g/mol. The monoisotopic (exact) mass is 284 g/mol. The first-order chi connectivity index (χ1) is 10.3. The minimum absolute atomic E-state index is 0.0224. The van der Waals surface area contributed by atoms with Gasteiger partial charge in [-0.2, -0.15) is 0 Å². The summed E-state index contributed by atoms with van der Waals surface area (Å²) in [5, 5.41) is 8.68. The number of aliphatic hydroxyl groups is 1. The minimum Gasteiger partial charge on any atom is -0.490 e. The molecule has 0 atom stereocenters. The molecule has 0 heterocycles. The highest BCUT2D eigenvalue weighted by atomic mass is 19.1. The third-order valence-corrected chi connectivity index (χ3v) is 2.89. The Labute approximate surface area is 124 Å². The van der Waals surface area contributed by atoms with Crippen LogP contribution in [0.1, 0.15) is 17.5 Å². The molecule has 0 saturated carbocycles. The molecule has 0 bridgehead atoms. The van der Waals surface area contributed by atoms with Crippen LogP contribution in [0.15, 0.2) is 48.5 Å². The van der Waals surface area contributed by atoms with E-state index in [1.807, 2.05) is 30.3 Å². The SMILES string of the molecule is OCCC#Cc1ccc(F)c(OCCc2ccccc2)c1. The number of aliphatic hydroxyl groups excluding tert-OH is 1. The average Bonchev–Trinajstić information content (AvgIpc) is 2.51. The summed E-state index contributed by atoms with van der Waals surface area (Å²) >= 11 is 0. The van der Waals surface area contributed by atoms with Crippen LogP contribution in [0.25, 0.3) is 0 Å². The van der Waals surface area contributed by atoms with Crippen molar-refractivity contribution in [3.63, 3.8) is 0 Å². The predicted octanol–water partition coefficient (Wildman–Crippen LogP) is 3.18. The van der Waals surface area contributed by atoms with E-state index in [4.69, 9.17) is 9.84 Å². The van der Waals surface area contributed by atoms with Crippen LogP contribution in [0.4, 0.5) is 4.39 Å². The second kappa shape index (κ2) is 8.08. The van der Waals surface area contributed by atoms with Gasteiger partial charge in [0.15, 0.2) is 11.6 Å². The van der Waals surface area contributed by atoms with Gasteiger partial charge in [0.2, 0.25) is 0 Å². The van der Waals surface area contributed by atoms with Crippen LogP contribution in [-0.2, 0) is 6.42 Å². The first kappa shape index (κ1) is 15.1. The molecule has 0 spiro atoms. The molecule has 108 valence electrons. The Bertz CT molecular complexity index is 627. The molecule has 1 N–H and O–H groups in total. The lowest BCUT2D eigenvalue weighted by molar-refractivity contribution is 0.305. The van der Waals surface area contributed by atoms with Crippen molar-refractivity contribution in [2.24, 2.45) is 0 Å². The number of halogens is 1. The highest BCUT2D eigenvalue weighted by Crippen LogP contribution is 2.18. The Morgan fingerprint density at radius 2 is 1.90 bits per heavy atom. The van der Waals surface area contributed by atoms with E-state index < -0.39 is 5.82 Å². The minimum atomic E-state index is -0.393. The molecule has 0 aliphatic heterocycles. The van der Waals surface area contributed by atoms with E-state index in [9.17, 15) is 4.39 Å². The summed E-state index contributed by atoms with van der Waals surface area (Å²) in [4.78, 5) is 0. The van der Waals surface area contributed by atoms with Gasteiger partial charge in [-0.05, 0) is 23.8 Å². The van der Waals surface area contributed by atoms with Gasteiger partial charge in [0.05, 0.1) is 13.2 Å². The fourth-order valence-electron chi connectivity index (χ4n) is 1.84. The van der Waals surface area contributed by atoms with Crippen LogP contribution in [0.3, 0.4) is 0 Å². The molecule has 0 saturated heterocycles. The summed E-state index contributed by atoms with van der Waals surface area (Å²) in [6.07, 6.45) is 1.13. The van der Waals surface area contributed by atoms with Crippen LogP contribution < -0.4 is 4.74 Å². The van der Waals surface area contributed by atoms with Crippen LogP contribution >= 0.6 is 0 Å². The summed E-state index contributed by atoms with van der Waals surface area (Å²) in [5.74, 6) is 5.48. The maximum atomic E-state index is 13.7. The summed E-state index contributed by atoms with van der Waals surface area (Å²) in [6, 6.07) is 14.4. The maximum absolute atomic E-state index is 13.7. The molecule has 0 amide bonds. The normalized spacial score (nSPS) is 9.81. The summed E-state index contributed by atoms with van der Waals surface area (Å²) in [5.41, 5.74) is 1.83. The topological polar surface area (TPSA) is 29.5 Å². The van der Waals surface area contributed by atoms with Crippen LogP contribution in [0, 0.1) is 17.7 Å². The Morgan fingerprint density at radius 1 is 1.10 bits per heavy atom. The third kappa shape index (κ3) is 4.94. The largest absolute Gasteiger partial charge is 0.490 e. The van der Waals surface area contributed by atoms with Gasteiger partial charge in [-0.3, -0.25) is 0 Å². The Morgan fingerprint density at radius 3 is 2.67 bits per heavy atom. The van der Waals surface area contributed by atoms with Crippen molar-refractivity contribution in [1.29, 1.82) is 0 Å². The summed E-state index contributed by atoms with van der Waals surface area (Å²) < 4.78 is 19.2. The molecule has 0 fully saturated rings. The van der Waals surface area contributed by atoms with E-state index >= 15 is 0 Å². The zero-order chi connectivity index (χ0) is 14.9. The molecular formula is C18H17FO2. The Balaban J connectivity index is 1.96. The van der Waals surface area contributed by atoms with E-state index in [0.717, 1.165) is 12.0 Å². The quantitative estimate of drug-likeness (QED) is 0.855. The lowest BCUT2D eigenvalue weighted by atomic mass is 10.2. The van der Waals surface area contributed by atoms with E-state index in [-0.39, 0.29) is 12.4 Å². The fourth-order valence-corrected chi connectivity index (χ4v) is 1.84. The van der Waals surface area contributed by atoms with Crippen molar-refractivity contribution >= 4 is 0 Å². The number of hydrogen-bond donors (Lipinski definition) is 1. The van der Waals surface area contributed by atoms with E-state index in [2.05, 4.69) is 11.8 Å². The summed E-state index contributed by atoms with van der Waals surface area (Å²) in [6.45, 7) is 0.434. The molecular weight excluding hydrogens is 267 g/mol. The van der Waals surface area contributed by atoms with E-state index in [1.54, 1.807) is 12.1 Å². The van der Waals surface area contributed by atoms with Gasteiger partial charge in [-0.15, -0.1) is 0 Å². The van der Waals surface area contributed by atoms with Gasteiger partial charge < -0.3 is 9.84 Å². The smallest absolute Gasteiger partial charge is 0.165 e. The van der Waals surface area contributed by atoms with Gasteiger partial charge >= 0.3 is 0 Å². The molecule has 0 aromatic heterocycles. The van der Waals surface area contributed by atoms with Crippen molar-refractivity contribution in [2.45, 2.75) is 12.8 Å². The van der Waals surface area contributed by atoms with Crippen molar-refractivity contribution in [2.75, 3.05) is 13.2 Å². The second-order valence-electron chi connectivity index (χ2n) is 4.50. The first-order valence-electron chi connectivity index (χ1n) is 6.85. The summed E-state index contributed by atoms with van der Waals surface area (Å²) in [7, 11) is 0. The molecule has 2 rings (SSSR count). The highest BCUT2D eigenvalue weighted by Gasteiger charge is 2.04. The Hall–Kier alpha value is -2.31. The van der Waals surface area contributed by atoms with Crippen molar-refractivity contribution in [1.82, 2.24) is 0 Å². The second-order valence-corrected chi connectivity index (χ2v) is 4.50. The molecule has 0 aliphatic carbocycles. The lowest BCUT2D eigenvalue weighted by Crippen LogP contribution is -2.03. The molecule has 0 aliphatic rings. The number of hydrogen-bond acceptors (Lipinski definition) is 2. The van der Waals surface area contributed by atoms with Gasteiger partial charge in [0.1, 0.15) is 0 Å². The third-order valence-electron chi connectivity index (χ3n) is 2.89. The van der Waals surface area contributed by atoms with Crippen molar-refractivity contribution < 1.29 is 14.2 Å². The molecule has 2 nitrogen and oxygen atoms in total. The predicted molar refractivity (Wildman–Crippen MR) is 80.6 cm³/mol. The van der Waals surface area contributed by atoms with Crippen LogP contribution in [-0.4, -0.2) is 18.3 Å². The standard InChI is InChI=1S/C18H17FO2/c19-17-10-9-16(8-4-5-12-20)14-18(17)21-13-11-15-6-2-1-3-7-15/h1-3,6-7,9-10,14,20H,5,11-13H2. The van der Waals surface area contributed by atoms with Crippen LogP contribution in [0.5, 0.6) is 5.75 Å². The molecule has 0 radical (unpaired) electrons. The van der Waals surface area contributed by atoms with Gasteiger partial charge in [0, 0.05) is 18.4 Å². The van der Waals surface area contributed by atoms with Gasteiger partial charge in [-0.1, -0.05) is 42.2 Å². The number of ether oxygens (including phenoxy) is 1. The zero-order valence-corrected chi connectivity index (χ0v) is 11.7. The fraction of sp³-hybridized carbons (Fsp3) is 0.222. The van der Waals surface area contributed by atoms with Crippen LogP contribution in [0.2, 0.25) is 0 Å². The Kier molecular flexibility index (Phi) is 5.81. The van der Waals surface area contributed by atoms with Crippen molar-refractivity contribution in [3.8, 4) is 17.6 Å². The number of benzene rings is 2. The zero-order valence-electron chi connectivity index (χ0n) is 11.7. The number of rotatable bonds is 5. The highest BCUT2D eigenvalue weighted by molar-refractivity contribution is 5.40. The molecule has 21 heavy (non-hydrogen) atoms. The molecule has 2 aromatic rings. The molecule has 3 heteroatoms. The van der Waals surface area contributed by atoms with Gasteiger partial charge in [0.25, 0.3) is 0 Å². The maximum Gasteiger partial charge on any atom is 0.165 e. The van der Waals surface area contributed by atoms with Crippen molar-refractivity contribution in [3.05, 3.63) is 65.5 Å². The van der Waals surface area contributed by atoms with Gasteiger partial charge in [-0.25, -0.2) is 4.39 Å². The lowest BCUT2D eigenvalue weighted by Gasteiger charge is -2.07. The van der Waals surface area contributed by atoms with E-state index in [0.29, 0.717) is 18.6 Å². The first-order valence-corrected chi connectivity index (χ1v) is 6.85. The molecule has 0 unspecified atom stereocenters. The van der Waals surface area contributed by atoms with E-state index in [1.165, 1.54) is 6.07 Å².